The number of methoxy groups -OCH3 is 1. The van der Waals surface area contributed by atoms with Gasteiger partial charge in [0.2, 0.25) is 0 Å². The molecule has 250 valence electrons. The topological polar surface area (TPSA) is 52.6 Å². The third kappa shape index (κ3) is 4.90. The Morgan fingerprint density at radius 3 is 2.16 bits per heavy atom. The summed E-state index contributed by atoms with van der Waals surface area (Å²) in [6.45, 7) is 16.9. The summed E-state index contributed by atoms with van der Waals surface area (Å²) in [4.78, 5) is 26.3. The van der Waals surface area contributed by atoms with Crippen molar-refractivity contribution in [1.82, 2.24) is 0 Å². The summed E-state index contributed by atoms with van der Waals surface area (Å²) in [6.07, 6.45) is 18.8. The average molecular weight is 637 g/mol. The van der Waals surface area contributed by atoms with Crippen molar-refractivity contribution in [3.63, 3.8) is 0 Å². The molecule has 5 aliphatic carbocycles. The third-order valence-electron chi connectivity index (χ3n) is 14.9. The van der Waals surface area contributed by atoms with E-state index in [1.807, 2.05) is 12.1 Å². The predicted molar refractivity (Wildman–Crippen MR) is 187 cm³/mol. The number of esters is 1. The highest BCUT2D eigenvalue weighted by Crippen LogP contribution is 2.73. The third-order valence-corrected chi connectivity index (χ3v) is 18.4. The summed E-state index contributed by atoms with van der Waals surface area (Å²) in [6, 6.07) is 8.06. The van der Waals surface area contributed by atoms with Gasteiger partial charge in [-0.3, -0.25) is 4.79 Å². The molecule has 45 heavy (non-hydrogen) atoms. The zero-order valence-corrected chi connectivity index (χ0v) is 30.7. The lowest BCUT2D eigenvalue weighted by atomic mass is 9.36. The molecule has 0 aliphatic heterocycles. The Bertz CT molecular complexity index is 1370. The lowest BCUT2D eigenvalue weighted by Crippen LogP contribution is -2.61. The minimum atomic E-state index is -1.49. The summed E-state index contributed by atoms with van der Waals surface area (Å²) in [5, 5.41) is 0. The number of benzene rings is 1. The monoisotopic (exact) mass is 636 g/mol. The Kier molecular flexibility index (Phi) is 8.03. The van der Waals surface area contributed by atoms with Gasteiger partial charge < -0.3 is 8.92 Å². The van der Waals surface area contributed by atoms with Crippen molar-refractivity contribution in [1.29, 1.82) is 0 Å². The molecule has 1 aromatic carbocycles. The lowest BCUT2D eigenvalue weighted by molar-refractivity contribution is -0.186. The molecule has 4 nitrogen and oxygen atoms in total. The Balaban J connectivity index is 1.26. The Labute approximate surface area is 275 Å². The van der Waals surface area contributed by atoms with Crippen molar-refractivity contribution in [3.05, 3.63) is 41.5 Å². The second kappa shape index (κ2) is 10.9. The maximum atomic E-state index is 14.2. The van der Waals surface area contributed by atoms with E-state index in [4.69, 9.17) is 8.92 Å². The van der Waals surface area contributed by atoms with E-state index in [2.05, 4.69) is 79.2 Å². The van der Waals surface area contributed by atoms with Crippen LogP contribution in [0.4, 0.5) is 0 Å². The molecule has 0 radical (unpaired) electrons. The molecule has 8 atom stereocenters. The number of carbonyl (C=O) groups is 2. The quantitative estimate of drug-likeness (QED) is 0.309. The van der Waals surface area contributed by atoms with Crippen LogP contribution in [0, 0.1) is 51.2 Å². The van der Waals surface area contributed by atoms with E-state index in [-0.39, 0.29) is 32.9 Å². The van der Waals surface area contributed by atoms with Gasteiger partial charge in [-0.1, -0.05) is 62.6 Å². The minimum absolute atomic E-state index is 0.0151. The summed E-state index contributed by atoms with van der Waals surface area (Å²) < 4.78 is 11.5. The van der Waals surface area contributed by atoms with E-state index < -0.39 is 10.3 Å². The number of hydrogen-bond acceptors (Lipinski definition) is 4. The molecule has 5 heteroatoms. The lowest BCUT2D eigenvalue weighted by Gasteiger charge is -2.68. The zero-order valence-electron chi connectivity index (χ0n) is 29.9. The van der Waals surface area contributed by atoms with Gasteiger partial charge >= 0.3 is 11.9 Å². The maximum absolute atomic E-state index is 14.2. The van der Waals surface area contributed by atoms with Crippen LogP contribution < -0.4 is 0 Å². The first kappa shape index (κ1) is 33.2. The Morgan fingerprint density at radius 2 is 1.51 bits per heavy atom. The van der Waals surface area contributed by atoms with Crippen molar-refractivity contribution in [2.24, 2.45) is 51.2 Å². The minimum Gasteiger partial charge on any atom is -0.465 e. The van der Waals surface area contributed by atoms with Gasteiger partial charge in [0.05, 0.1) is 18.1 Å². The zero-order chi connectivity index (χ0) is 32.8. The number of rotatable bonds is 4. The number of hydrogen-bond donors (Lipinski definition) is 0. The van der Waals surface area contributed by atoms with Crippen molar-refractivity contribution in [2.45, 2.75) is 117 Å². The van der Waals surface area contributed by atoms with Crippen LogP contribution in [0.3, 0.4) is 0 Å². The smallest absolute Gasteiger partial charge is 0.337 e. The van der Waals surface area contributed by atoms with Crippen LogP contribution in [0.2, 0.25) is 0 Å². The Hall–Kier alpha value is -1.75. The van der Waals surface area contributed by atoms with E-state index in [1.165, 1.54) is 63.2 Å². The predicted octanol–water partition coefficient (Wildman–Crippen LogP) is 10.3. The number of allylic oxidation sites excluding steroid dienone is 2. The fraction of sp³-hybridized carbons (Fsp3) is 0.750. The van der Waals surface area contributed by atoms with E-state index in [9.17, 15) is 9.59 Å². The van der Waals surface area contributed by atoms with Crippen molar-refractivity contribution in [3.8, 4) is 0 Å². The maximum Gasteiger partial charge on any atom is 0.337 e. The van der Waals surface area contributed by atoms with Gasteiger partial charge in [0, 0.05) is 4.75 Å². The van der Waals surface area contributed by atoms with Crippen LogP contribution in [0.15, 0.2) is 30.3 Å². The summed E-state index contributed by atoms with van der Waals surface area (Å²) in [7, 11) is -0.0510. The van der Waals surface area contributed by atoms with Gasteiger partial charge in [-0.15, -0.1) is 0 Å². The van der Waals surface area contributed by atoms with Crippen LogP contribution in [-0.2, 0) is 13.7 Å². The van der Waals surface area contributed by atoms with Crippen LogP contribution in [0.1, 0.15) is 129 Å². The van der Waals surface area contributed by atoms with Gasteiger partial charge in [0.25, 0.3) is 0 Å². The van der Waals surface area contributed by atoms with E-state index in [0.717, 1.165) is 19.3 Å². The highest BCUT2D eigenvalue weighted by atomic mass is 32.3. The molecule has 0 bridgehead atoms. The second-order valence-electron chi connectivity index (χ2n) is 18.0. The largest absolute Gasteiger partial charge is 0.465 e. The standard InChI is InChI=1S/C40H60O4S/c1-36(2,3)45(9,10)44-35(42)40-22-11-12-31(40)28-17-18-33-38(6,30(28)20-25-40)24-21-32-37(4,5)29(19-23-39(32,33)7)26-13-15-27(16-14-26)34(41)43-8/h13-16,19,28,30-33H,11-12,17-18,20-25H2,1-10H3. The van der Waals surface area contributed by atoms with Gasteiger partial charge in [0.15, 0.2) is 0 Å². The molecule has 0 aromatic heterocycles. The fourth-order valence-electron chi connectivity index (χ4n) is 12.0. The first-order chi connectivity index (χ1) is 20.9. The van der Waals surface area contributed by atoms with Crippen molar-refractivity contribution < 1.29 is 18.5 Å². The van der Waals surface area contributed by atoms with Crippen LogP contribution in [0.5, 0.6) is 0 Å². The molecule has 1 aromatic rings. The molecule has 6 rings (SSSR count). The molecular formula is C40H60O4S. The highest BCUT2D eigenvalue weighted by Gasteiger charge is 2.67. The van der Waals surface area contributed by atoms with Gasteiger partial charge in [0.1, 0.15) is 0 Å². The van der Waals surface area contributed by atoms with Crippen molar-refractivity contribution in [2.75, 3.05) is 19.6 Å². The van der Waals surface area contributed by atoms with Crippen LogP contribution in [0.25, 0.3) is 5.57 Å². The average Bonchev–Trinajstić information content (AvgIpc) is 3.42. The molecule has 4 fully saturated rings. The van der Waals surface area contributed by atoms with Gasteiger partial charge in [-0.25, -0.2) is 4.79 Å². The number of ether oxygens (including phenoxy) is 1. The second-order valence-corrected chi connectivity index (χ2v) is 21.9. The molecule has 5 aliphatic rings. The molecule has 0 saturated heterocycles. The molecule has 0 heterocycles. The number of carbonyl (C=O) groups excluding carboxylic acids is 2. The number of fused-ring (bicyclic) bond motifs is 7. The van der Waals surface area contributed by atoms with E-state index in [1.54, 1.807) is 0 Å². The summed E-state index contributed by atoms with van der Waals surface area (Å²) >= 11 is 0. The molecule has 8 unspecified atom stereocenters. The van der Waals surface area contributed by atoms with Gasteiger partial charge in [-0.2, -0.15) is 0 Å². The normalized spacial score (nSPS) is 39.3. The molecule has 0 amide bonds. The SMILES string of the molecule is COC(=O)c1ccc(C2=CCC3(C)C(CCC4(C)C5CCC6(C(=O)OS(C)(C)C(C)(C)C)CCCC6C5CCC43)C2(C)C)cc1. The molecule has 0 spiro atoms. The first-order valence-electron chi connectivity index (χ1n) is 17.8. The summed E-state index contributed by atoms with van der Waals surface area (Å²) in [5.74, 6) is 3.04. The van der Waals surface area contributed by atoms with E-state index >= 15 is 0 Å². The van der Waals surface area contributed by atoms with Gasteiger partial charge in [-0.05, 0) is 160 Å². The highest BCUT2D eigenvalue weighted by molar-refractivity contribution is 8.30. The molecule has 0 N–H and O–H groups in total. The van der Waals surface area contributed by atoms with E-state index in [0.29, 0.717) is 40.6 Å². The molecule has 4 saturated carbocycles. The fourth-order valence-corrected chi connectivity index (χ4v) is 12.8. The van der Waals surface area contributed by atoms with Crippen molar-refractivity contribution >= 4 is 27.8 Å². The molecular weight excluding hydrogens is 577 g/mol. The van der Waals surface area contributed by atoms with Crippen LogP contribution >= 0.6 is 10.3 Å². The Morgan fingerprint density at radius 1 is 0.822 bits per heavy atom. The van der Waals surface area contributed by atoms with Crippen LogP contribution in [-0.4, -0.2) is 36.3 Å². The summed E-state index contributed by atoms with van der Waals surface area (Å²) in [5.41, 5.74) is 3.67. The first-order valence-corrected chi connectivity index (χ1v) is 20.2.